The van der Waals surface area contributed by atoms with Gasteiger partial charge in [-0.25, -0.2) is 0 Å². The van der Waals surface area contributed by atoms with Gasteiger partial charge in [0.15, 0.2) is 0 Å². The minimum atomic E-state index is -0.397. The van der Waals surface area contributed by atoms with Gasteiger partial charge < -0.3 is 9.31 Å². The molecule has 4 heteroatoms. The summed E-state index contributed by atoms with van der Waals surface area (Å²) in [7, 11) is -0.341. The Hall–Kier alpha value is -10.5. The molecule has 0 radical (unpaired) electrons. The summed E-state index contributed by atoms with van der Waals surface area (Å²) in [6.07, 6.45) is 0. The van der Waals surface area contributed by atoms with Crippen molar-refractivity contribution < 1.29 is 9.31 Å². The van der Waals surface area contributed by atoms with Crippen LogP contribution < -0.4 is 5.46 Å². The smallest absolute Gasteiger partial charge is 0.399 e. The second-order valence-electron chi connectivity index (χ2n) is 26.2. The highest BCUT2D eigenvalue weighted by Crippen LogP contribution is 2.58. The fraction of sp³-hybridized carbons (Fsp3) is 0.0870. The molecule has 462 valence electrons. The van der Waals surface area contributed by atoms with Gasteiger partial charge in [-0.3, -0.25) is 0 Å². The van der Waals surface area contributed by atoms with Crippen molar-refractivity contribution in [2.45, 2.75) is 49.7 Å². The van der Waals surface area contributed by atoms with Crippen LogP contribution in [0.25, 0.3) is 77.9 Å². The SMILES string of the molecule is Brc1ccc2c(c1)C(c1ccccc1)(c1ccccc1)c1ccccc1-2.CC1(C)OB(c2cccc(-c3cccc(-c4ccccc4)c3)c2)OC1(C)C.c1ccc(-c2cccc(-c3cccc(-c4ccc5c(c4)C(c4ccccc4)(c4ccccc4)c4ccccc4-5)c3)c2)cc1. The molecule has 2 nitrogen and oxygen atoms in total. The van der Waals surface area contributed by atoms with Gasteiger partial charge in [0.1, 0.15) is 0 Å². The summed E-state index contributed by atoms with van der Waals surface area (Å²) in [5.41, 5.74) is 27.6. The Morgan fingerprint density at radius 1 is 0.229 bits per heavy atom. The standard InChI is InChI=1S/C43H30.C25H17Br.C24H25BO2/c1-4-14-31(15-5-1)32-16-12-17-33(28-32)34-18-13-19-35(29-34)36-26-27-40-39-24-10-11-25-41(39)43(42(40)30-36,37-20-6-2-7-21-37)38-22-8-3-9-23-38;26-20-15-16-22-21-13-7-8-14-23(21)25(24(22)17-20,18-9-3-1-4-10-18)19-11-5-2-6-12-19;1-23(2)24(3,4)27-25(26-23)22-15-9-14-21(17-22)20-13-8-12-19(16-20)18-10-6-5-7-11-18/h1-30H;1-17H;5-17H,1-4H3. The molecule has 0 unspecified atom stereocenters. The van der Waals surface area contributed by atoms with E-state index in [4.69, 9.17) is 9.31 Å². The Bertz CT molecular complexity index is 4970. The zero-order chi connectivity index (χ0) is 65.3. The van der Waals surface area contributed by atoms with Gasteiger partial charge in [-0.2, -0.15) is 0 Å². The Morgan fingerprint density at radius 3 is 0.906 bits per heavy atom. The predicted octanol–water partition coefficient (Wildman–Crippen LogP) is 23.2. The van der Waals surface area contributed by atoms with E-state index in [1.54, 1.807) is 0 Å². The molecule has 0 atom stereocenters. The summed E-state index contributed by atoms with van der Waals surface area (Å²) in [6, 6.07) is 131. The van der Waals surface area contributed by atoms with Gasteiger partial charge in [-0.15, -0.1) is 0 Å². The third-order valence-corrected chi connectivity index (χ3v) is 20.6. The van der Waals surface area contributed by atoms with Crippen molar-refractivity contribution in [1.29, 1.82) is 0 Å². The van der Waals surface area contributed by atoms with Gasteiger partial charge in [0.25, 0.3) is 0 Å². The average Bonchev–Trinajstić information content (AvgIpc) is 1.54. The molecule has 1 fully saturated rings. The van der Waals surface area contributed by atoms with E-state index in [0.29, 0.717) is 0 Å². The molecule has 96 heavy (non-hydrogen) atoms. The van der Waals surface area contributed by atoms with E-state index in [2.05, 4.69) is 402 Å². The largest absolute Gasteiger partial charge is 0.494 e. The lowest BCUT2D eigenvalue weighted by atomic mass is 9.67. The summed E-state index contributed by atoms with van der Waals surface area (Å²) in [5.74, 6) is 0. The molecule has 1 heterocycles. The maximum Gasteiger partial charge on any atom is 0.494 e. The van der Waals surface area contributed by atoms with Gasteiger partial charge in [-0.1, -0.05) is 344 Å². The minimum Gasteiger partial charge on any atom is -0.399 e. The molecule has 1 aliphatic heterocycles. The number of rotatable bonds is 10. The normalized spacial score (nSPS) is 14.5. The predicted molar refractivity (Wildman–Crippen MR) is 405 cm³/mol. The molecule has 0 spiro atoms. The van der Waals surface area contributed by atoms with Crippen LogP contribution >= 0.6 is 15.9 Å². The lowest BCUT2D eigenvalue weighted by Gasteiger charge is -2.34. The van der Waals surface area contributed by atoms with E-state index in [-0.39, 0.29) is 23.7 Å². The van der Waals surface area contributed by atoms with Crippen LogP contribution in [0, 0.1) is 0 Å². The first kappa shape index (κ1) is 61.7. The fourth-order valence-corrected chi connectivity index (χ4v) is 15.1. The monoisotopic (exact) mass is 1300 g/mol. The lowest BCUT2D eigenvalue weighted by Crippen LogP contribution is -2.41. The number of hydrogen-bond acceptors (Lipinski definition) is 2. The molecule has 0 amide bonds. The molecule has 2 aliphatic carbocycles. The highest BCUT2D eigenvalue weighted by atomic mass is 79.9. The second kappa shape index (κ2) is 26.0. The van der Waals surface area contributed by atoms with E-state index >= 15 is 0 Å². The molecule has 17 rings (SSSR count). The molecule has 14 aromatic rings. The summed E-state index contributed by atoms with van der Waals surface area (Å²) in [4.78, 5) is 0. The third-order valence-electron chi connectivity index (χ3n) is 20.1. The van der Waals surface area contributed by atoms with Crippen LogP contribution in [-0.2, 0) is 20.1 Å². The van der Waals surface area contributed by atoms with Gasteiger partial charge in [0.05, 0.1) is 22.0 Å². The highest BCUT2D eigenvalue weighted by Gasteiger charge is 2.52. The minimum absolute atomic E-state index is 0.293. The summed E-state index contributed by atoms with van der Waals surface area (Å²) >= 11 is 3.71. The quantitative estimate of drug-likeness (QED) is 0.127. The zero-order valence-corrected chi connectivity index (χ0v) is 56.0. The Balaban J connectivity index is 0.000000124. The van der Waals surface area contributed by atoms with Crippen molar-refractivity contribution in [3.8, 4) is 77.9 Å². The summed E-state index contributed by atoms with van der Waals surface area (Å²) in [5, 5.41) is 0. The maximum absolute atomic E-state index is 6.21. The van der Waals surface area contributed by atoms with Gasteiger partial charge in [-0.05, 0) is 192 Å². The fourth-order valence-electron chi connectivity index (χ4n) is 14.8. The van der Waals surface area contributed by atoms with Crippen molar-refractivity contribution in [3.63, 3.8) is 0 Å². The van der Waals surface area contributed by atoms with Crippen molar-refractivity contribution >= 4 is 28.5 Å². The van der Waals surface area contributed by atoms with Gasteiger partial charge in [0, 0.05) is 4.47 Å². The van der Waals surface area contributed by atoms with Crippen molar-refractivity contribution in [1.82, 2.24) is 0 Å². The van der Waals surface area contributed by atoms with Gasteiger partial charge in [0.2, 0.25) is 0 Å². The molecular formula is C92H72BBrO2. The molecule has 0 N–H and O–H groups in total. The molecule has 0 bridgehead atoms. The lowest BCUT2D eigenvalue weighted by molar-refractivity contribution is 0.00578. The molecule has 0 aromatic heterocycles. The Kier molecular flexibility index (Phi) is 16.7. The van der Waals surface area contributed by atoms with Crippen LogP contribution in [0.2, 0.25) is 0 Å². The van der Waals surface area contributed by atoms with Crippen LogP contribution in [0.3, 0.4) is 0 Å². The van der Waals surface area contributed by atoms with E-state index < -0.39 is 5.41 Å². The number of fused-ring (bicyclic) bond motifs is 6. The Morgan fingerprint density at radius 2 is 0.510 bits per heavy atom. The Labute approximate surface area is 574 Å². The third kappa shape index (κ3) is 11.3. The zero-order valence-electron chi connectivity index (χ0n) is 54.4. The highest BCUT2D eigenvalue weighted by molar-refractivity contribution is 9.10. The number of hydrogen-bond donors (Lipinski definition) is 0. The molecule has 14 aromatic carbocycles. The first-order chi connectivity index (χ1) is 47.0. The van der Waals surface area contributed by atoms with Gasteiger partial charge >= 0.3 is 7.12 Å². The number of benzene rings is 14. The molecule has 1 saturated heterocycles. The second-order valence-corrected chi connectivity index (χ2v) is 27.1. The average molecular weight is 1300 g/mol. The van der Waals surface area contributed by atoms with Crippen molar-refractivity contribution in [3.05, 3.63) is 413 Å². The topological polar surface area (TPSA) is 18.5 Å². The van der Waals surface area contributed by atoms with E-state index in [9.17, 15) is 0 Å². The summed E-state index contributed by atoms with van der Waals surface area (Å²) in [6.45, 7) is 8.33. The van der Waals surface area contributed by atoms with E-state index in [1.165, 1.54) is 122 Å². The maximum atomic E-state index is 6.21. The first-order valence-electron chi connectivity index (χ1n) is 33.2. The first-order valence-corrected chi connectivity index (χ1v) is 34.0. The van der Waals surface area contributed by atoms with Crippen molar-refractivity contribution in [2.24, 2.45) is 0 Å². The van der Waals surface area contributed by atoms with Crippen LogP contribution in [-0.4, -0.2) is 18.3 Å². The van der Waals surface area contributed by atoms with E-state index in [0.717, 1.165) is 9.94 Å². The van der Waals surface area contributed by atoms with Crippen LogP contribution in [0.15, 0.2) is 368 Å². The molecule has 3 aliphatic rings. The molecule has 0 saturated carbocycles. The van der Waals surface area contributed by atoms with Crippen LogP contribution in [0.5, 0.6) is 0 Å². The van der Waals surface area contributed by atoms with Crippen LogP contribution in [0.1, 0.15) is 72.2 Å². The summed E-state index contributed by atoms with van der Waals surface area (Å²) < 4.78 is 13.5. The number of halogens is 1. The van der Waals surface area contributed by atoms with Crippen molar-refractivity contribution in [2.75, 3.05) is 0 Å². The van der Waals surface area contributed by atoms with E-state index in [1.807, 2.05) is 6.07 Å². The molecular weight excluding hydrogens is 1230 g/mol. The van der Waals surface area contributed by atoms with Crippen LogP contribution in [0.4, 0.5) is 0 Å².